The summed E-state index contributed by atoms with van der Waals surface area (Å²) in [6.45, 7) is 0. The molecule has 0 radical (unpaired) electrons. The Morgan fingerprint density at radius 2 is 2.22 bits per heavy atom. The van der Waals surface area contributed by atoms with Crippen LogP contribution in [0.2, 0.25) is 0 Å². The van der Waals surface area contributed by atoms with E-state index in [4.69, 9.17) is 10.8 Å². The van der Waals surface area contributed by atoms with E-state index in [1.165, 1.54) is 18.9 Å². The first kappa shape index (κ1) is 14.5. The van der Waals surface area contributed by atoms with Crippen LogP contribution in [0.15, 0.2) is 24.3 Å². The van der Waals surface area contributed by atoms with E-state index in [0.717, 1.165) is 5.56 Å². The molecule has 0 spiro atoms. The fourth-order valence-electron chi connectivity index (χ4n) is 1.28. The zero-order valence-electron chi connectivity index (χ0n) is 9.96. The lowest BCUT2D eigenvalue weighted by Gasteiger charge is -2.07. The largest absolute Gasteiger partial charge is 0.480 e. The molecule has 0 saturated heterocycles. The Balaban J connectivity index is 2.53. The molecule has 1 rings (SSSR count). The maximum absolute atomic E-state index is 11.3. The second kappa shape index (κ2) is 7.03. The Hall–Kier alpha value is -1.53. The van der Waals surface area contributed by atoms with Gasteiger partial charge in [-0.05, 0) is 17.7 Å². The van der Waals surface area contributed by atoms with Crippen molar-refractivity contribution in [3.8, 4) is 0 Å². The zero-order chi connectivity index (χ0) is 13.5. The van der Waals surface area contributed by atoms with Crippen LogP contribution in [0.1, 0.15) is 15.9 Å². The van der Waals surface area contributed by atoms with Gasteiger partial charge in [0.15, 0.2) is 0 Å². The predicted octanol–water partition coefficient (Wildman–Crippen LogP) is 1.12. The Kier molecular flexibility index (Phi) is 5.67. The third-order valence-corrected chi connectivity index (χ3v) is 3.36. The highest BCUT2D eigenvalue weighted by molar-refractivity contribution is 7.98. The number of carboxylic acids is 1. The van der Waals surface area contributed by atoms with Gasteiger partial charge in [-0.3, -0.25) is 4.79 Å². The zero-order valence-corrected chi connectivity index (χ0v) is 10.8. The third kappa shape index (κ3) is 4.38. The molecule has 0 fully saturated rings. The molecule has 0 saturated carbocycles. The van der Waals surface area contributed by atoms with Gasteiger partial charge in [-0.25, -0.2) is 4.79 Å². The molecular weight excluding hydrogens is 254 g/mol. The third-order valence-electron chi connectivity index (χ3n) is 2.23. The van der Waals surface area contributed by atoms with Crippen LogP contribution in [0.4, 0.5) is 0 Å². The molecule has 0 aliphatic rings. The van der Waals surface area contributed by atoms with Gasteiger partial charge in [0.2, 0.25) is 0 Å². The topological polar surface area (TPSA) is 89.6 Å². The van der Waals surface area contributed by atoms with Gasteiger partial charge in [0, 0.05) is 11.5 Å². The van der Waals surface area contributed by atoms with Crippen molar-refractivity contribution in [2.45, 2.75) is 11.8 Å². The van der Waals surface area contributed by atoms with E-state index in [2.05, 4.69) is 4.74 Å². The first-order valence-electron chi connectivity index (χ1n) is 5.28. The second-order valence-corrected chi connectivity index (χ2v) is 4.68. The van der Waals surface area contributed by atoms with Crippen LogP contribution < -0.4 is 5.73 Å². The number of aliphatic carboxylic acids is 1. The first-order chi connectivity index (χ1) is 8.54. The van der Waals surface area contributed by atoms with Gasteiger partial charge in [-0.1, -0.05) is 12.1 Å². The van der Waals surface area contributed by atoms with Crippen LogP contribution in [0.5, 0.6) is 0 Å². The van der Waals surface area contributed by atoms with Gasteiger partial charge < -0.3 is 15.6 Å². The molecule has 1 atom stereocenters. The number of carbonyl (C=O) groups excluding carboxylic acids is 1. The van der Waals surface area contributed by atoms with E-state index in [9.17, 15) is 9.59 Å². The van der Waals surface area contributed by atoms with Crippen LogP contribution in [0.3, 0.4) is 0 Å². The van der Waals surface area contributed by atoms with E-state index < -0.39 is 12.0 Å². The van der Waals surface area contributed by atoms with Crippen LogP contribution >= 0.6 is 11.8 Å². The van der Waals surface area contributed by atoms with Crippen molar-refractivity contribution in [3.05, 3.63) is 35.4 Å². The Morgan fingerprint density at radius 3 is 2.83 bits per heavy atom. The Morgan fingerprint density at radius 1 is 1.50 bits per heavy atom. The molecule has 6 heteroatoms. The quantitative estimate of drug-likeness (QED) is 0.752. The molecule has 1 aromatic carbocycles. The van der Waals surface area contributed by atoms with Crippen molar-refractivity contribution in [1.82, 2.24) is 0 Å². The van der Waals surface area contributed by atoms with Crippen molar-refractivity contribution in [2.75, 3.05) is 12.9 Å². The Labute approximate surface area is 109 Å². The van der Waals surface area contributed by atoms with Crippen molar-refractivity contribution in [2.24, 2.45) is 5.73 Å². The van der Waals surface area contributed by atoms with E-state index in [-0.39, 0.29) is 5.97 Å². The number of hydrogen-bond acceptors (Lipinski definition) is 5. The second-order valence-electron chi connectivity index (χ2n) is 3.65. The van der Waals surface area contributed by atoms with E-state index in [0.29, 0.717) is 17.1 Å². The summed E-state index contributed by atoms with van der Waals surface area (Å²) >= 11 is 1.41. The van der Waals surface area contributed by atoms with Crippen LogP contribution in [0.25, 0.3) is 0 Å². The van der Waals surface area contributed by atoms with Gasteiger partial charge >= 0.3 is 11.9 Å². The number of hydrogen-bond donors (Lipinski definition) is 2. The normalized spacial score (nSPS) is 11.9. The van der Waals surface area contributed by atoms with Crippen molar-refractivity contribution in [3.63, 3.8) is 0 Å². The highest BCUT2D eigenvalue weighted by atomic mass is 32.2. The number of benzene rings is 1. The molecule has 1 aromatic rings. The molecule has 0 aromatic heterocycles. The predicted molar refractivity (Wildman–Crippen MR) is 69.6 cm³/mol. The lowest BCUT2D eigenvalue weighted by Crippen LogP contribution is -2.32. The maximum Gasteiger partial charge on any atom is 0.337 e. The summed E-state index contributed by atoms with van der Waals surface area (Å²) < 4.78 is 4.62. The number of esters is 1. The van der Waals surface area contributed by atoms with E-state index >= 15 is 0 Å². The van der Waals surface area contributed by atoms with Gasteiger partial charge in [0.25, 0.3) is 0 Å². The summed E-state index contributed by atoms with van der Waals surface area (Å²) in [6.07, 6.45) is 0. The Bertz CT molecular complexity index is 436. The number of methoxy groups -OCH3 is 1. The summed E-state index contributed by atoms with van der Waals surface area (Å²) in [5, 5.41) is 8.63. The van der Waals surface area contributed by atoms with Crippen molar-refractivity contribution < 1.29 is 19.4 Å². The number of rotatable bonds is 6. The number of thioether (sulfide) groups is 1. The number of ether oxygens (including phenoxy) is 1. The first-order valence-corrected chi connectivity index (χ1v) is 6.43. The van der Waals surface area contributed by atoms with Gasteiger partial charge in [-0.15, -0.1) is 0 Å². The molecule has 1 unspecified atom stereocenters. The molecule has 0 amide bonds. The fourth-order valence-corrected chi connectivity index (χ4v) is 2.21. The highest BCUT2D eigenvalue weighted by Gasteiger charge is 2.11. The van der Waals surface area contributed by atoms with Crippen LogP contribution in [0, 0.1) is 0 Å². The van der Waals surface area contributed by atoms with E-state index in [1.54, 1.807) is 18.2 Å². The molecule has 5 nitrogen and oxygen atoms in total. The van der Waals surface area contributed by atoms with Crippen LogP contribution in [-0.4, -0.2) is 35.9 Å². The molecule has 0 bridgehead atoms. The average molecular weight is 269 g/mol. The molecule has 0 aliphatic carbocycles. The molecule has 18 heavy (non-hydrogen) atoms. The molecule has 98 valence electrons. The maximum atomic E-state index is 11.3. The van der Waals surface area contributed by atoms with Gasteiger partial charge in [0.05, 0.1) is 12.7 Å². The standard InChI is InChI=1S/C12H15NO4S/c1-17-12(16)9-4-2-3-8(5-9)6-18-7-10(13)11(14)15/h2-5,10H,6-7,13H2,1H3,(H,14,15). The van der Waals surface area contributed by atoms with Crippen molar-refractivity contribution >= 4 is 23.7 Å². The summed E-state index contributed by atoms with van der Waals surface area (Å²) in [6, 6.07) is 6.16. The minimum atomic E-state index is -1.01. The molecule has 0 aliphatic heterocycles. The van der Waals surface area contributed by atoms with Crippen LogP contribution in [-0.2, 0) is 15.3 Å². The van der Waals surface area contributed by atoms with E-state index in [1.807, 2.05) is 6.07 Å². The number of nitrogens with two attached hydrogens (primary N) is 1. The monoisotopic (exact) mass is 269 g/mol. The number of carboxylic acid groups (broad SMARTS) is 1. The smallest absolute Gasteiger partial charge is 0.337 e. The molecular formula is C12H15NO4S. The number of carbonyl (C=O) groups is 2. The lowest BCUT2D eigenvalue weighted by molar-refractivity contribution is -0.137. The fraction of sp³-hybridized carbons (Fsp3) is 0.333. The highest BCUT2D eigenvalue weighted by Crippen LogP contribution is 2.15. The summed E-state index contributed by atoms with van der Waals surface area (Å²) in [4.78, 5) is 21.8. The average Bonchev–Trinajstić information content (AvgIpc) is 2.37. The van der Waals surface area contributed by atoms with Gasteiger partial charge in [-0.2, -0.15) is 11.8 Å². The summed E-state index contributed by atoms with van der Waals surface area (Å²) in [5.74, 6) is -0.459. The van der Waals surface area contributed by atoms with Crippen molar-refractivity contribution in [1.29, 1.82) is 0 Å². The molecule has 3 N–H and O–H groups in total. The minimum absolute atomic E-state index is 0.331. The summed E-state index contributed by atoms with van der Waals surface area (Å²) in [7, 11) is 1.33. The van der Waals surface area contributed by atoms with Gasteiger partial charge in [0.1, 0.15) is 6.04 Å². The minimum Gasteiger partial charge on any atom is -0.480 e. The molecule has 0 heterocycles. The SMILES string of the molecule is COC(=O)c1cccc(CSCC(N)C(=O)O)c1. The summed E-state index contributed by atoms with van der Waals surface area (Å²) in [5.41, 5.74) is 6.80. The lowest BCUT2D eigenvalue weighted by atomic mass is 10.1.